The Bertz CT molecular complexity index is 343. The fourth-order valence-corrected chi connectivity index (χ4v) is 2.44. The minimum absolute atomic E-state index is 0. The Morgan fingerprint density at radius 2 is 1.52 bits per heavy atom. The SMILES string of the molecule is CCCCCCCC(=O)OCCCCCCS(=O)(=O)O.[Ca]. The molecule has 0 amide bonds. The van der Waals surface area contributed by atoms with E-state index < -0.39 is 10.1 Å². The molecule has 0 aromatic heterocycles. The Morgan fingerprint density at radius 1 is 0.952 bits per heavy atom. The summed E-state index contributed by atoms with van der Waals surface area (Å²) in [5.74, 6) is -0.329. The predicted octanol–water partition coefficient (Wildman–Crippen LogP) is 2.96. The number of hydrogen-bond donors (Lipinski definition) is 1. The van der Waals surface area contributed by atoms with E-state index in [1.54, 1.807) is 0 Å². The molecule has 0 saturated heterocycles. The molecule has 0 heterocycles. The molecule has 0 aliphatic rings. The van der Waals surface area contributed by atoms with Crippen LogP contribution in [0, 0.1) is 0 Å². The molecule has 0 unspecified atom stereocenters. The summed E-state index contributed by atoms with van der Waals surface area (Å²) >= 11 is 0. The van der Waals surface area contributed by atoms with Gasteiger partial charge in [-0.3, -0.25) is 9.35 Å². The number of ether oxygens (including phenoxy) is 1. The average molecular weight is 349 g/mol. The van der Waals surface area contributed by atoms with Crippen molar-refractivity contribution in [3.63, 3.8) is 0 Å². The first-order chi connectivity index (χ1) is 9.45. The molecule has 5 nitrogen and oxygen atoms in total. The van der Waals surface area contributed by atoms with Crippen LogP contribution in [0.5, 0.6) is 0 Å². The van der Waals surface area contributed by atoms with Crippen LogP contribution in [-0.4, -0.2) is 69.0 Å². The van der Waals surface area contributed by atoms with Gasteiger partial charge in [0.05, 0.1) is 12.4 Å². The Kier molecular flexibility index (Phi) is 17.7. The first-order valence-corrected chi connectivity index (χ1v) is 9.17. The zero-order valence-electron chi connectivity index (χ0n) is 13.2. The van der Waals surface area contributed by atoms with Crippen molar-refractivity contribution in [2.75, 3.05) is 12.4 Å². The van der Waals surface area contributed by atoms with Gasteiger partial charge in [0, 0.05) is 44.2 Å². The Balaban J connectivity index is 0. The molecule has 1 N–H and O–H groups in total. The van der Waals surface area contributed by atoms with Crippen molar-refractivity contribution < 1.29 is 22.5 Å². The van der Waals surface area contributed by atoms with Crippen molar-refractivity contribution in [1.82, 2.24) is 0 Å². The molecule has 0 saturated carbocycles. The Morgan fingerprint density at radius 3 is 2.14 bits per heavy atom. The first kappa shape index (κ1) is 23.9. The van der Waals surface area contributed by atoms with E-state index in [1.165, 1.54) is 19.3 Å². The van der Waals surface area contributed by atoms with Gasteiger partial charge in [0.2, 0.25) is 0 Å². The molecule has 0 aromatic rings. The van der Waals surface area contributed by atoms with Gasteiger partial charge in [-0.1, -0.05) is 45.4 Å². The molecule has 0 spiro atoms. The van der Waals surface area contributed by atoms with E-state index in [2.05, 4.69) is 6.92 Å². The summed E-state index contributed by atoms with van der Waals surface area (Å²) in [5.41, 5.74) is 0. The number of esters is 1. The van der Waals surface area contributed by atoms with Crippen LogP contribution in [0.2, 0.25) is 0 Å². The summed E-state index contributed by atoms with van der Waals surface area (Å²) in [6.07, 6.45) is 8.78. The van der Waals surface area contributed by atoms with Crippen LogP contribution in [0.25, 0.3) is 0 Å². The van der Waals surface area contributed by atoms with Crippen molar-refractivity contribution in [2.45, 2.75) is 71.1 Å². The van der Waals surface area contributed by atoms with E-state index in [4.69, 9.17) is 9.29 Å². The number of rotatable bonds is 13. The van der Waals surface area contributed by atoms with Gasteiger partial charge in [0.25, 0.3) is 10.1 Å². The summed E-state index contributed by atoms with van der Waals surface area (Å²) in [5, 5.41) is 0. The van der Waals surface area contributed by atoms with Gasteiger partial charge in [-0.25, -0.2) is 0 Å². The second-order valence-electron chi connectivity index (χ2n) is 5.08. The average Bonchev–Trinajstić information content (AvgIpc) is 2.36. The van der Waals surface area contributed by atoms with Crippen molar-refractivity contribution in [1.29, 1.82) is 0 Å². The van der Waals surface area contributed by atoms with E-state index in [0.717, 1.165) is 25.7 Å². The van der Waals surface area contributed by atoms with Crippen LogP contribution in [0.3, 0.4) is 0 Å². The minimum atomic E-state index is -3.83. The molecular weight excluding hydrogens is 320 g/mol. The normalized spacial score (nSPS) is 11.0. The van der Waals surface area contributed by atoms with E-state index >= 15 is 0 Å². The second-order valence-corrected chi connectivity index (χ2v) is 6.66. The maximum Gasteiger partial charge on any atom is 0.305 e. The summed E-state index contributed by atoms with van der Waals surface area (Å²) in [6.45, 7) is 2.56. The standard InChI is InChI=1S/C14H28O5S.Ca/c1-2-3-4-5-8-11-14(15)19-12-9-6-7-10-13-20(16,17)18;/h2-13H2,1H3,(H,16,17,18);. The van der Waals surface area contributed by atoms with Gasteiger partial charge in [0.1, 0.15) is 0 Å². The third-order valence-electron chi connectivity index (χ3n) is 3.04. The maximum atomic E-state index is 11.4. The van der Waals surface area contributed by atoms with E-state index in [0.29, 0.717) is 25.9 Å². The van der Waals surface area contributed by atoms with Crippen molar-refractivity contribution in [3.05, 3.63) is 0 Å². The van der Waals surface area contributed by atoms with Gasteiger partial charge in [-0.15, -0.1) is 0 Å². The Hall–Kier alpha value is 0.640. The molecule has 0 fully saturated rings. The quantitative estimate of drug-likeness (QED) is 0.239. The molecule has 0 bridgehead atoms. The topological polar surface area (TPSA) is 80.7 Å². The summed E-state index contributed by atoms with van der Waals surface area (Å²) in [4.78, 5) is 11.4. The fourth-order valence-electron chi connectivity index (χ4n) is 1.87. The van der Waals surface area contributed by atoms with Crippen LogP contribution in [0.4, 0.5) is 0 Å². The van der Waals surface area contributed by atoms with E-state index in [-0.39, 0.29) is 49.5 Å². The largest absolute Gasteiger partial charge is 0.466 e. The minimum Gasteiger partial charge on any atom is -0.466 e. The van der Waals surface area contributed by atoms with Crippen LogP contribution < -0.4 is 0 Å². The summed E-state index contributed by atoms with van der Waals surface area (Å²) in [6, 6.07) is 0. The van der Waals surface area contributed by atoms with E-state index in [1.807, 2.05) is 0 Å². The molecule has 2 radical (unpaired) electrons. The third-order valence-corrected chi connectivity index (χ3v) is 3.85. The predicted molar refractivity (Wildman–Crippen MR) is 85.0 cm³/mol. The smallest absolute Gasteiger partial charge is 0.305 e. The van der Waals surface area contributed by atoms with Crippen molar-refractivity contribution in [3.8, 4) is 0 Å². The van der Waals surface area contributed by atoms with Crippen LogP contribution in [0.1, 0.15) is 71.1 Å². The van der Waals surface area contributed by atoms with Gasteiger partial charge in [0.15, 0.2) is 0 Å². The van der Waals surface area contributed by atoms with Gasteiger partial charge < -0.3 is 4.74 Å². The number of carbonyl (C=O) groups is 1. The molecule has 0 rings (SSSR count). The zero-order chi connectivity index (χ0) is 15.3. The first-order valence-electron chi connectivity index (χ1n) is 7.56. The van der Waals surface area contributed by atoms with Gasteiger partial charge in [-0.05, 0) is 19.3 Å². The second kappa shape index (κ2) is 15.5. The molecule has 0 atom stereocenters. The third kappa shape index (κ3) is 20.6. The van der Waals surface area contributed by atoms with E-state index in [9.17, 15) is 13.2 Å². The monoisotopic (exact) mass is 348 g/mol. The molecule has 0 aromatic carbocycles. The summed E-state index contributed by atoms with van der Waals surface area (Å²) in [7, 11) is -3.83. The Labute approximate surface area is 159 Å². The molecule has 0 aliphatic heterocycles. The number of unbranched alkanes of at least 4 members (excludes halogenated alkanes) is 7. The van der Waals surface area contributed by atoms with Gasteiger partial charge in [-0.2, -0.15) is 8.42 Å². The molecular formula is C14H28CaO5S. The van der Waals surface area contributed by atoms with Gasteiger partial charge >= 0.3 is 5.97 Å². The number of carbonyl (C=O) groups excluding carboxylic acids is 1. The number of hydrogen-bond acceptors (Lipinski definition) is 4. The van der Waals surface area contributed by atoms with Crippen molar-refractivity contribution >= 4 is 53.8 Å². The van der Waals surface area contributed by atoms with Crippen molar-refractivity contribution in [2.24, 2.45) is 0 Å². The fraction of sp³-hybridized carbons (Fsp3) is 0.929. The molecule has 0 aliphatic carbocycles. The van der Waals surface area contributed by atoms with Crippen LogP contribution in [-0.2, 0) is 19.6 Å². The molecule has 21 heavy (non-hydrogen) atoms. The summed E-state index contributed by atoms with van der Waals surface area (Å²) < 4.78 is 34.5. The molecule has 122 valence electrons. The zero-order valence-corrected chi connectivity index (χ0v) is 16.2. The van der Waals surface area contributed by atoms with Crippen LogP contribution in [0.15, 0.2) is 0 Å². The maximum absolute atomic E-state index is 11.4. The molecule has 7 heteroatoms. The van der Waals surface area contributed by atoms with Crippen LogP contribution >= 0.6 is 0 Å².